The number of halogens is 2. The summed E-state index contributed by atoms with van der Waals surface area (Å²) in [6.07, 6.45) is 16.4. The van der Waals surface area contributed by atoms with Crippen LogP contribution in [0.2, 0.25) is 0 Å². The van der Waals surface area contributed by atoms with Gasteiger partial charge in [0.15, 0.2) is 0 Å². The van der Waals surface area contributed by atoms with Gasteiger partial charge in [-0.05, 0) is 55.2 Å². The zero-order valence-electron chi connectivity index (χ0n) is 15.7. The molecule has 0 amide bonds. The first-order chi connectivity index (χ1) is 12.2. The lowest BCUT2D eigenvalue weighted by Crippen LogP contribution is -2.13. The van der Waals surface area contributed by atoms with Crippen LogP contribution in [0.1, 0.15) is 95.5 Å². The summed E-state index contributed by atoms with van der Waals surface area (Å²) in [5.74, 6) is -0.774. The second-order valence-electron chi connectivity index (χ2n) is 7.58. The predicted octanol–water partition coefficient (Wildman–Crippen LogP) is 8.42. The zero-order chi connectivity index (χ0) is 17.9. The fraction of sp³-hybridized carbons (Fsp3) is 0.727. The highest BCUT2D eigenvalue weighted by Gasteiger charge is 2.22. The summed E-state index contributed by atoms with van der Waals surface area (Å²) in [4.78, 5) is 0.673. The maximum atomic E-state index is 12.4. The fourth-order valence-electron chi connectivity index (χ4n) is 4.10. The fourth-order valence-corrected chi connectivity index (χ4v) is 4.59. The molecule has 0 saturated heterocycles. The molecule has 3 heteroatoms. The molecule has 0 aromatic heterocycles. The van der Waals surface area contributed by atoms with Crippen LogP contribution < -0.4 is 0 Å². The molecule has 0 radical (unpaired) electrons. The van der Waals surface area contributed by atoms with Gasteiger partial charge in [0.25, 0.3) is 5.76 Å². The Labute approximate surface area is 157 Å². The third-order valence-corrected chi connectivity index (χ3v) is 6.36. The molecule has 0 aliphatic heterocycles. The van der Waals surface area contributed by atoms with Gasteiger partial charge >= 0.3 is 0 Å². The molecule has 25 heavy (non-hydrogen) atoms. The van der Waals surface area contributed by atoms with Crippen molar-refractivity contribution in [2.24, 2.45) is 5.92 Å². The molecule has 0 atom stereocenters. The summed E-state index contributed by atoms with van der Waals surface area (Å²) >= 11 is 0.638. The van der Waals surface area contributed by atoms with E-state index in [2.05, 4.69) is 19.1 Å². The summed E-state index contributed by atoms with van der Waals surface area (Å²) < 4.78 is 24.8. The van der Waals surface area contributed by atoms with Crippen LogP contribution in [0.5, 0.6) is 0 Å². The van der Waals surface area contributed by atoms with Gasteiger partial charge in [0.05, 0.1) is 0 Å². The quantitative estimate of drug-likeness (QED) is 0.279. The first-order valence-corrected chi connectivity index (χ1v) is 11.1. The number of benzene rings is 1. The lowest BCUT2D eigenvalue weighted by Gasteiger charge is -2.29. The first kappa shape index (κ1) is 20.7. The highest BCUT2D eigenvalue weighted by Crippen LogP contribution is 2.38. The van der Waals surface area contributed by atoms with Crippen LogP contribution in [0.25, 0.3) is 0 Å². The lowest BCUT2D eigenvalue weighted by atomic mass is 9.77. The molecular formula is C22H34F2S. The molecule has 1 aliphatic rings. The Hall–Kier alpha value is -0.570. The molecule has 0 N–H and O–H groups in total. The van der Waals surface area contributed by atoms with E-state index in [9.17, 15) is 8.78 Å². The van der Waals surface area contributed by atoms with Gasteiger partial charge in [-0.1, -0.05) is 82.2 Å². The van der Waals surface area contributed by atoms with E-state index in [4.69, 9.17) is 0 Å². The summed E-state index contributed by atoms with van der Waals surface area (Å²) in [5, 5.41) is 0. The van der Waals surface area contributed by atoms with Gasteiger partial charge in [0.2, 0.25) is 0 Å². The molecular weight excluding hydrogens is 334 g/mol. The van der Waals surface area contributed by atoms with Crippen LogP contribution in [0.15, 0.2) is 29.2 Å². The van der Waals surface area contributed by atoms with Crippen molar-refractivity contribution in [3.8, 4) is 0 Å². The molecule has 0 heterocycles. The highest BCUT2D eigenvalue weighted by molar-refractivity contribution is 7.99. The average molecular weight is 369 g/mol. The molecule has 1 aliphatic carbocycles. The Balaban J connectivity index is 1.61. The van der Waals surface area contributed by atoms with E-state index in [1.165, 1.54) is 82.6 Å². The Morgan fingerprint density at radius 1 is 0.880 bits per heavy atom. The number of unbranched alkanes of at least 4 members (excludes halogenated alkanes) is 6. The number of alkyl halides is 2. The van der Waals surface area contributed by atoms with Crippen molar-refractivity contribution in [1.82, 2.24) is 0 Å². The molecule has 0 spiro atoms. The summed E-state index contributed by atoms with van der Waals surface area (Å²) in [6.45, 7) is 2.27. The molecule has 2 rings (SSSR count). The van der Waals surface area contributed by atoms with Crippen LogP contribution in [0.4, 0.5) is 8.78 Å². The van der Waals surface area contributed by atoms with Gasteiger partial charge in [-0.2, -0.15) is 8.78 Å². The normalized spacial score (nSPS) is 21.0. The zero-order valence-corrected chi connectivity index (χ0v) is 16.5. The molecule has 1 saturated carbocycles. The second kappa shape index (κ2) is 11.9. The molecule has 1 aromatic rings. The Bertz CT molecular complexity index is 450. The van der Waals surface area contributed by atoms with Crippen molar-refractivity contribution in [2.75, 3.05) is 0 Å². The number of thioether (sulfide) groups is 1. The van der Waals surface area contributed by atoms with Gasteiger partial charge in [-0.25, -0.2) is 0 Å². The third-order valence-electron chi connectivity index (χ3n) is 5.64. The van der Waals surface area contributed by atoms with E-state index in [-0.39, 0.29) is 0 Å². The highest BCUT2D eigenvalue weighted by atomic mass is 32.2. The topological polar surface area (TPSA) is 0 Å². The van der Waals surface area contributed by atoms with Gasteiger partial charge in [-0.15, -0.1) is 0 Å². The van der Waals surface area contributed by atoms with Crippen molar-refractivity contribution < 1.29 is 8.78 Å². The van der Waals surface area contributed by atoms with Crippen LogP contribution in [-0.2, 0) is 0 Å². The van der Waals surface area contributed by atoms with Crippen LogP contribution in [0.3, 0.4) is 0 Å². The Morgan fingerprint density at radius 3 is 2.08 bits per heavy atom. The predicted molar refractivity (Wildman–Crippen MR) is 106 cm³/mol. The monoisotopic (exact) mass is 368 g/mol. The van der Waals surface area contributed by atoms with Crippen molar-refractivity contribution in [1.29, 1.82) is 0 Å². The van der Waals surface area contributed by atoms with Gasteiger partial charge in [-0.3, -0.25) is 0 Å². The maximum absolute atomic E-state index is 12.4. The second-order valence-corrected chi connectivity index (χ2v) is 8.64. The smallest absolute Gasteiger partial charge is 0.198 e. The van der Waals surface area contributed by atoms with Gasteiger partial charge in [0, 0.05) is 4.90 Å². The SMILES string of the molecule is CCCCCCCCC[C@H]1CC[C@H](c2ccc(SC(F)F)cc2)CC1. The molecule has 1 aromatic carbocycles. The van der Waals surface area contributed by atoms with Gasteiger partial charge in [0.1, 0.15) is 0 Å². The van der Waals surface area contributed by atoms with E-state index < -0.39 is 5.76 Å². The van der Waals surface area contributed by atoms with Crippen LogP contribution in [0, 0.1) is 5.92 Å². The number of rotatable bonds is 11. The Kier molecular flexibility index (Phi) is 9.90. The summed E-state index contributed by atoms with van der Waals surface area (Å²) in [5.41, 5.74) is 1.34. The molecule has 0 bridgehead atoms. The largest absolute Gasteiger partial charge is 0.288 e. The minimum atomic E-state index is -2.33. The minimum Gasteiger partial charge on any atom is -0.198 e. The lowest BCUT2D eigenvalue weighted by molar-refractivity contribution is 0.252. The average Bonchev–Trinajstić information content (AvgIpc) is 2.62. The van der Waals surface area contributed by atoms with Crippen molar-refractivity contribution >= 4 is 11.8 Å². The minimum absolute atomic E-state index is 0.635. The molecule has 0 nitrogen and oxygen atoms in total. The number of hydrogen-bond acceptors (Lipinski definition) is 1. The van der Waals surface area contributed by atoms with Crippen LogP contribution in [-0.4, -0.2) is 5.76 Å². The maximum Gasteiger partial charge on any atom is 0.288 e. The number of hydrogen-bond donors (Lipinski definition) is 0. The van der Waals surface area contributed by atoms with E-state index >= 15 is 0 Å². The summed E-state index contributed by atoms with van der Waals surface area (Å²) in [6, 6.07) is 7.84. The van der Waals surface area contributed by atoms with Crippen molar-refractivity contribution in [2.45, 2.75) is 101 Å². The van der Waals surface area contributed by atoms with Crippen molar-refractivity contribution in [3.63, 3.8) is 0 Å². The van der Waals surface area contributed by atoms with Crippen LogP contribution >= 0.6 is 11.8 Å². The Morgan fingerprint density at radius 2 is 1.48 bits per heavy atom. The van der Waals surface area contributed by atoms with E-state index in [0.717, 1.165) is 5.92 Å². The van der Waals surface area contributed by atoms with Gasteiger partial charge < -0.3 is 0 Å². The summed E-state index contributed by atoms with van der Waals surface area (Å²) in [7, 11) is 0. The molecule has 0 unspecified atom stereocenters. The molecule has 1 fully saturated rings. The van der Waals surface area contributed by atoms with E-state index in [0.29, 0.717) is 22.6 Å². The third kappa shape index (κ3) is 8.11. The van der Waals surface area contributed by atoms with Crippen molar-refractivity contribution in [3.05, 3.63) is 29.8 Å². The standard InChI is InChI=1S/C22H34F2S/c1-2-3-4-5-6-7-8-9-18-10-12-19(13-11-18)20-14-16-21(17-15-20)25-22(23)24/h14-19,22H,2-13H2,1H3/t18-,19-. The van der Waals surface area contributed by atoms with E-state index in [1.54, 1.807) is 0 Å². The molecule has 142 valence electrons. The first-order valence-electron chi connectivity index (χ1n) is 10.2. The van der Waals surface area contributed by atoms with E-state index in [1.807, 2.05) is 12.1 Å².